The molecule has 3 nitrogen and oxygen atoms in total. The van der Waals surface area contributed by atoms with Crippen molar-refractivity contribution in [3.05, 3.63) is 11.8 Å². The van der Waals surface area contributed by atoms with Gasteiger partial charge in [-0.25, -0.2) is 0 Å². The number of aliphatic imine (C=N–C) groups is 1. The fraction of sp³-hybridized carbons (Fsp3) is 0.812. The van der Waals surface area contributed by atoms with Crippen molar-refractivity contribution >= 4 is 5.71 Å². The Bertz CT molecular complexity index is 341. The third kappa shape index (κ3) is 4.07. The summed E-state index contributed by atoms with van der Waals surface area (Å²) in [5, 5.41) is 0. The van der Waals surface area contributed by atoms with E-state index in [2.05, 4.69) is 24.8 Å². The number of rotatable bonds is 4. The predicted octanol–water partition coefficient (Wildman–Crippen LogP) is 2.96. The summed E-state index contributed by atoms with van der Waals surface area (Å²) in [4.78, 5) is 7.47. The molecule has 1 aliphatic heterocycles. The van der Waals surface area contributed by atoms with Gasteiger partial charge < -0.3 is 10.6 Å². The Labute approximate surface area is 118 Å². The van der Waals surface area contributed by atoms with E-state index in [1.165, 1.54) is 50.9 Å². The van der Waals surface area contributed by atoms with Crippen LogP contribution >= 0.6 is 0 Å². The van der Waals surface area contributed by atoms with Gasteiger partial charge in [0.15, 0.2) is 0 Å². The zero-order valence-corrected chi connectivity index (χ0v) is 12.7. The zero-order chi connectivity index (χ0) is 13.8. The highest BCUT2D eigenvalue weighted by atomic mass is 15.2. The van der Waals surface area contributed by atoms with Crippen molar-refractivity contribution in [1.29, 1.82) is 0 Å². The van der Waals surface area contributed by atoms with E-state index < -0.39 is 0 Å². The molecule has 0 amide bonds. The Balaban J connectivity index is 1.94. The third-order valence-electron chi connectivity index (χ3n) is 4.32. The molecule has 0 radical (unpaired) electrons. The van der Waals surface area contributed by atoms with Crippen molar-refractivity contribution in [2.24, 2.45) is 16.6 Å². The molecule has 0 aromatic carbocycles. The van der Waals surface area contributed by atoms with Crippen LogP contribution in [0.4, 0.5) is 0 Å². The molecule has 0 spiro atoms. The second-order valence-electron chi connectivity index (χ2n) is 6.43. The van der Waals surface area contributed by atoms with E-state index in [0.717, 1.165) is 11.7 Å². The molecule has 0 aromatic heterocycles. The van der Waals surface area contributed by atoms with Gasteiger partial charge in [0.05, 0.1) is 0 Å². The van der Waals surface area contributed by atoms with Crippen LogP contribution in [0.15, 0.2) is 16.8 Å². The Morgan fingerprint density at radius 3 is 2.26 bits per heavy atom. The minimum atomic E-state index is 0.357. The molecule has 0 aromatic rings. The third-order valence-corrected chi connectivity index (χ3v) is 4.32. The van der Waals surface area contributed by atoms with Crippen LogP contribution < -0.4 is 5.73 Å². The highest BCUT2D eigenvalue weighted by Gasteiger charge is 2.29. The summed E-state index contributed by atoms with van der Waals surface area (Å²) < 4.78 is 0. The summed E-state index contributed by atoms with van der Waals surface area (Å²) in [5.41, 5.74) is 7.95. The van der Waals surface area contributed by atoms with Crippen LogP contribution in [0.3, 0.4) is 0 Å². The van der Waals surface area contributed by atoms with Gasteiger partial charge in [0.1, 0.15) is 0 Å². The zero-order valence-electron chi connectivity index (χ0n) is 12.7. The second-order valence-corrected chi connectivity index (χ2v) is 6.43. The van der Waals surface area contributed by atoms with Gasteiger partial charge in [-0.3, -0.25) is 4.99 Å². The smallest absolute Gasteiger partial charge is 0.0446 e. The molecule has 2 rings (SSSR count). The number of nitrogens with zero attached hydrogens (tertiary/aromatic N) is 2. The Kier molecular flexibility index (Phi) is 5.03. The van der Waals surface area contributed by atoms with Gasteiger partial charge >= 0.3 is 0 Å². The van der Waals surface area contributed by atoms with Crippen LogP contribution in [0.2, 0.25) is 0 Å². The molecule has 108 valence electrons. The molecule has 0 unspecified atom stereocenters. The summed E-state index contributed by atoms with van der Waals surface area (Å²) in [6.45, 7) is 8.72. The lowest BCUT2D eigenvalue weighted by Crippen LogP contribution is -2.45. The highest BCUT2D eigenvalue weighted by molar-refractivity contribution is 5.97. The van der Waals surface area contributed by atoms with Gasteiger partial charge in [-0.1, -0.05) is 6.42 Å². The molecule has 3 heteroatoms. The Hall–Kier alpha value is -0.830. The highest BCUT2D eigenvalue weighted by Crippen LogP contribution is 2.29. The number of allylic oxidation sites excluding steroid dienone is 2. The molecule has 2 fully saturated rings. The second kappa shape index (κ2) is 6.56. The SMILES string of the molecule is CC(N)=CC(=NC(C)C)C1CCN(C2CCC2)CC1. The average molecular weight is 263 g/mol. The fourth-order valence-corrected chi connectivity index (χ4v) is 3.10. The van der Waals surface area contributed by atoms with Crippen molar-refractivity contribution in [3.8, 4) is 0 Å². The maximum absolute atomic E-state index is 5.85. The molecule has 1 aliphatic carbocycles. The largest absolute Gasteiger partial charge is 0.402 e. The molecule has 19 heavy (non-hydrogen) atoms. The van der Waals surface area contributed by atoms with Crippen molar-refractivity contribution < 1.29 is 0 Å². The first-order chi connectivity index (χ1) is 9.06. The van der Waals surface area contributed by atoms with Gasteiger partial charge in [0.2, 0.25) is 0 Å². The molecule has 1 heterocycles. The van der Waals surface area contributed by atoms with Crippen LogP contribution in [0, 0.1) is 5.92 Å². The van der Waals surface area contributed by atoms with Crippen molar-refractivity contribution in [3.63, 3.8) is 0 Å². The van der Waals surface area contributed by atoms with Crippen LogP contribution in [0.1, 0.15) is 52.9 Å². The van der Waals surface area contributed by atoms with Crippen LogP contribution in [0.25, 0.3) is 0 Å². The normalized spacial score (nSPS) is 24.8. The fourth-order valence-electron chi connectivity index (χ4n) is 3.10. The van der Waals surface area contributed by atoms with Crippen molar-refractivity contribution in [2.45, 2.75) is 65.0 Å². The topological polar surface area (TPSA) is 41.6 Å². The van der Waals surface area contributed by atoms with Crippen molar-refractivity contribution in [2.75, 3.05) is 13.1 Å². The van der Waals surface area contributed by atoms with Gasteiger partial charge in [0, 0.05) is 29.4 Å². The van der Waals surface area contributed by atoms with E-state index in [1.54, 1.807) is 0 Å². The predicted molar refractivity (Wildman–Crippen MR) is 82.5 cm³/mol. The maximum atomic E-state index is 5.85. The lowest BCUT2D eigenvalue weighted by molar-refractivity contribution is 0.0960. The Morgan fingerprint density at radius 1 is 1.21 bits per heavy atom. The first kappa shape index (κ1) is 14.6. The van der Waals surface area contributed by atoms with Gasteiger partial charge in [-0.2, -0.15) is 0 Å². The van der Waals surface area contributed by atoms with Crippen LogP contribution in [-0.2, 0) is 0 Å². The first-order valence-corrected chi connectivity index (χ1v) is 7.81. The summed E-state index contributed by atoms with van der Waals surface area (Å²) in [6, 6.07) is 1.24. The van der Waals surface area contributed by atoms with E-state index in [1.807, 2.05) is 6.92 Å². The number of nitrogens with two attached hydrogens (primary N) is 1. The minimum absolute atomic E-state index is 0.357. The molecule has 0 atom stereocenters. The summed E-state index contributed by atoms with van der Waals surface area (Å²) in [6.07, 6.45) is 8.83. The standard InChI is InChI=1S/C16H29N3/c1-12(2)18-16(11-13(3)17)14-7-9-19(10-8-14)15-5-4-6-15/h11-12,14-15H,4-10,17H2,1-3H3. The van der Waals surface area contributed by atoms with Crippen LogP contribution in [0.5, 0.6) is 0 Å². The molecule has 2 aliphatic rings. The lowest BCUT2D eigenvalue weighted by Gasteiger charge is -2.41. The number of piperidine rings is 1. The quantitative estimate of drug-likeness (QED) is 0.792. The van der Waals surface area contributed by atoms with Crippen LogP contribution in [-0.4, -0.2) is 35.8 Å². The average Bonchev–Trinajstić information content (AvgIpc) is 2.25. The number of hydrogen-bond acceptors (Lipinski definition) is 3. The van der Waals surface area contributed by atoms with Gasteiger partial charge in [-0.05, 0) is 65.6 Å². The van der Waals surface area contributed by atoms with E-state index in [-0.39, 0.29) is 0 Å². The van der Waals surface area contributed by atoms with E-state index in [4.69, 9.17) is 10.7 Å². The maximum Gasteiger partial charge on any atom is 0.0446 e. The summed E-state index contributed by atoms with van der Waals surface area (Å²) >= 11 is 0. The van der Waals surface area contributed by atoms with Gasteiger partial charge in [-0.15, -0.1) is 0 Å². The molecule has 1 saturated carbocycles. The molecule has 0 bridgehead atoms. The summed E-state index contributed by atoms with van der Waals surface area (Å²) in [5.74, 6) is 0.609. The molecule has 2 N–H and O–H groups in total. The van der Waals surface area contributed by atoms with E-state index in [0.29, 0.717) is 12.0 Å². The van der Waals surface area contributed by atoms with Gasteiger partial charge in [0.25, 0.3) is 0 Å². The lowest BCUT2D eigenvalue weighted by atomic mass is 9.86. The number of hydrogen-bond donors (Lipinski definition) is 1. The van der Waals surface area contributed by atoms with E-state index >= 15 is 0 Å². The Morgan fingerprint density at radius 2 is 1.84 bits per heavy atom. The number of likely N-dealkylation sites (tertiary alicyclic amines) is 1. The summed E-state index contributed by atoms with van der Waals surface area (Å²) in [7, 11) is 0. The molecular formula is C16H29N3. The molecule has 1 saturated heterocycles. The first-order valence-electron chi connectivity index (χ1n) is 7.81. The molecular weight excluding hydrogens is 234 g/mol. The monoisotopic (exact) mass is 263 g/mol. The van der Waals surface area contributed by atoms with Crippen molar-refractivity contribution in [1.82, 2.24) is 4.90 Å². The minimum Gasteiger partial charge on any atom is -0.402 e. The van der Waals surface area contributed by atoms with E-state index in [9.17, 15) is 0 Å².